The van der Waals surface area contributed by atoms with Crippen molar-refractivity contribution in [3.8, 4) is 0 Å². The van der Waals surface area contributed by atoms with Crippen LogP contribution in [-0.2, 0) is 19.1 Å². The zero-order valence-electron chi connectivity index (χ0n) is 13.3. The van der Waals surface area contributed by atoms with Crippen LogP contribution in [0.15, 0.2) is 0 Å². The monoisotopic (exact) mass is 298 g/mol. The number of nitrogens with one attached hydrogen (secondary N) is 1. The zero-order valence-corrected chi connectivity index (χ0v) is 13.3. The van der Waals surface area contributed by atoms with Crippen LogP contribution in [0, 0.1) is 5.92 Å². The van der Waals surface area contributed by atoms with Gasteiger partial charge in [-0.25, -0.2) is 0 Å². The molecule has 1 saturated carbocycles. The number of carbonyl (C=O) groups excluding carboxylic acids is 2. The average molecular weight is 298 g/mol. The summed E-state index contributed by atoms with van der Waals surface area (Å²) in [5, 5.41) is 2.96. The van der Waals surface area contributed by atoms with E-state index in [0.29, 0.717) is 19.6 Å². The Kier molecular flexibility index (Phi) is 4.88. The molecular formula is C15H26N2O4. The first-order valence-corrected chi connectivity index (χ1v) is 7.62. The van der Waals surface area contributed by atoms with Gasteiger partial charge in [0.2, 0.25) is 11.8 Å². The van der Waals surface area contributed by atoms with Crippen molar-refractivity contribution in [1.82, 2.24) is 10.2 Å². The first-order valence-electron chi connectivity index (χ1n) is 7.62. The van der Waals surface area contributed by atoms with Crippen LogP contribution in [0.3, 0.4) is 0 Å². The molecule has 2 aliphatic rings. The second-order valence-corrected chi connectivity index (χ2v) is 6.16. The number of amides is 2. The van der Waals surface area contributed by atoms with Crippen LogP contribution in [0.25, 0.3) is 0 Å². The molecule has 1 N–H and O–H groups in total. The molecular weight excluding hydrogens is 272 g/mol. The maximum absolute atomic E-state index is 12.9. The Morgan fingerprint density at radius 3 is 2.52 bits per heavy atom. The van der Waals surface area contributed by atoms with Crippen LogP contribution >= 0.6 is 0 Å². The Balaban J connectivity index is 2.20. The van der Waals surface area contributed by atoms with Gasteiger partial charge in [-0.15, -0.1) is 0 Å². The van der Waals surface area contributed by atoms with Crippen molar-refractivity contribution in [3.05, 3.63) is 0 Å². The Morgan fingerprint density at radius 1 is 1.38 bits per heavy atom. The van der Waals surface area contributed by atoms with Crippen molar-refractivity contribution in [2.24, 2.45) is 5.92 Å². The van der Waals surface area contributed by atoms with E-state index in [-0.39, 0.29) is 23.8 Å². The SMILES string of the molecule is CCC1C(=O)NC(C)(C2CC2)C(=O)N1CC(COC)OC. The van der Waals surface area contributed by atoms with Crippen molar-refractivity contribution in [1.29, 1.82) is 0 Å². The molecule has 1 aliphatic heterocycles. The van der Waals surface area contributed by atoms with Gasteiger partial charge in [0.05, 0.1) is 19.3 Å². The topological polar surface area (TPSA) is 67.9 Å². The fourth-order valence-electron chi connectivity index (χ4n) is 3.13. The molecule has 1 heterocycles. The number of ether oxygens (including phenoxy) is 2. The highest BCUT2D eigenvalue weighted by molar-refractivity contribution is 6.00. The third-order valence-electron chi connectivity index (χ3n) is 4.63. The number of nitrogens with zero attached hydrogens (tertiary/aromatic N) is 1. The van der Waals surface area contributed by atoms with Gasteiger partial charge in [0.15, 0.2) is 0 Å². The van der Waals surface area contributed by atoms with Crippen LogP contribution in [-0.4, -0.2) is 61.8 Å². The summed E-state index contributed by atoms with van der Waals surface area (Å²) in [6.45, 7) is 4.56. The smallest absolute Gasteiger partial charge is 0.249 e. The van der Waals surface area contributed by atoms with Crippen LogP contribution in [0.2, 0.25) is 0 Å². The molecule has 2 amide bonds. The number of piperazine rings is 1. The van der Waals surface area contributed by atoms with Crippen molar-refractivity contribution >= 4 is 11.8 Å². The lowest BCUT2D eigenvalue weighted by Gasteiger charge is -2.45. The summed E-state index contributed by atoms with van der Waals surface area (Å²) < 4.78 is 10.5. The lowest BCUT2D eigenvalue weighted by atomic mass is 9.88. The summed E-state index contributed by atoms with van der Waals surface area (Å²) in [5.41, 5.74) is -0.756. The van der Waals surface area contributed by atoms with E-state index in [0.717, 1.165) is 12.8 Å². The zero-order chi connectivity index (χ0) is 15.6. The second-order valence-electron chi connectivity index (χ2n) is 6.16. The minimum absolute atomic E-state index is 0.00889. The van der Waals surface area contributed by atoms with Gasteiger partial charge < -0.3 is 19.7 Å². The standard InChI is InChI=1S/C15H26N2O4/c1-5-12-13(18)16-15(2,10-6-7-10)14(19)17(12)8-11(21-4)9-20-3/h10-12H,5-9H2,1-4H3,(H,16,18). The van der Waals surface area contributed by atoms with Crippen LogP contribution in [0.4, 0.5) is 0 Å². The molecule has 0 aromatic heterocycles. The first-order chi connectivity index (χ1) is 9.97. The summed E-state index contributed by atoms with van der Waals surface area (Å²) in [6.07, 6.45) is 2.38. The average Bonchev–Trinajstić information content (AvgIpc) is 3.28. The largest absolute Gasteiger partial charge is 0.382 e. The maximum Gasteiger partial charge on any atom is 0.249 e. The summed E-state index contributed by atoms with van der Waals surface area (Å²) in [5.74, 6) is 0.214. The minimum Gasteiger partial charge on any atom is -0.382 e. The summed E-state index contributed by atoms with van der Waals surface area (Å²) in [6, 6.07) is -0.418. The number of hydrogen-bond donors (Lipinski definition) is 1. The number of hydrogen-bond acceptors (Lipinski definition) is 4. The predicted octanol–water partition coefficient (Wildman–Crippen LogP) is 0.554. The van der Waals surface area contributed by atoms with Crippen LogP contribution < -0.4 is 5.32 Å². The van der Waals surface area contributed by atoms with Gasteiger partial charge in [0.1, 0.15) is 11.6 Å². The highest BCUT2D eigenvalue weighted by atomic mass is 16.5. The molecule has 6 heteroatoms. The lowest BCUT2D eigenvalue weighted by Crippen LogP contribution is -2.70. The third-order valence-corrected chi connectivity index (χ3v) is 4.63. The number of carbonyl (C=O) groups is 2. The van der Waals surface area contributed by atoms with Gasteiger partial charge >= 0.3 is 0 Å². The highest BCUT2D eigenvalue weighted by Crippen LogP contribution is 2.42. The molecule has 2 rings (SSSR count). The van der Waals surface area contributed by atoms with E-state index in [9.17, 15) is 9.59 Å². The molecule has 3 atom stereocenters. The Morgan fingerprint density at radius 2 is 2.05 bits per heavy atom. The molecule has 0 aromatic carbocycles. The molecule has 120 valence electrons. The molecule has 1 aliphatic carbocycles. The Hall–Kier alpha value is -1.14. The van der Waals surface area contributed by atoms with Gasteiger partial charge in [-0.05, 0) is 32.1 Å². The van der Waals surface area contributed by atoms with Crippen molar-refractivity contribution in [3.63, 3.8) is 0 Å². The van der Waals surface area contributed by atoms with Gasteiger partial charge in [-0.1, -0.05) is 6.92 Å². The molecule has 0 aromatic rings. The van der Waals surface area contributed by atoms with Gasteiger partial charge in [-0.2, -0.15) is 0 Å². The Bertz CT molecular complexity index is 410. The van der Waals surface area contributed by atoms with Crippen LogP contribution in [0.1, 0.15) is 33.1 Å². The normalized spacial score (nSPS) is 31.2. The van der Waals surface area contributed by atoms with E-state index < -0.39 is 11.6 Å². The third kappa shape index (κ3) is 3.06. The van der Waals surface area contributed by atoms with Crippen molar-refractivity contribution in [2.45, 2.75) is 50.8 Å². The summed E-state index contributed by atoms with van der Waals surface area (Å²) >= 11 is 0. The molecule has 0 spiro atoms. The lowest BCUT2D eigenvalue weighted by molar-refractivity contribution is -0.158. The molecule has 6 nitrogen and oxygen atoms in total. The minimum atomic E-state index is -0.756. The van der Waals surface area contributed by atoms with E-state index in [1.807, 2.05) is 13.8 Å². The molecule has 21 heavy (non-hydrogen) atoms. The first kappa shape index (κ1) is 16.2. The van der Waals surface area contributed by atoms with Gasteiger partial charge in [-0.3, -0.25) is 9.59 Å². The van der Waals surface area contributed by atoms with E-state index in [2.05, 4.69) is 5.32 Å². The molecule has 3 unspecified atom stereocenters. The fourth-order valence-corrected chi connectivity index (χ4v) is 3.13. The molecule has 2 fully saturated rings. The number of methoxy groups -OCH3 is 2. The molecule has 1 saturated heterocycles. The maximum atomic E-state index is 12.9. The molecule has 0 radical (unpaired) electrons. The summed E-state index contributed by atoms with van der Waals surface area (Å²) in [7, 11) is 3.20. The van der Waals surface area contributed by atoms with Gasteiger partial charge in [0.25, 0.3) is 0 Å². The highest BCUT2D eigenvalue weighted by Gasteiger charge is 2.55. The number of rotatable bonds is 7. The Labute approximate surface area is 126 Å². The van der Waals surface area contributed by atoms with E-state index in [4.69, 9.17) is 9.47 Å². The quantitative estimate of drug-likeness (QED) is 0.745. The predicted molar refractivity (Wildman–Crippen MR) is 77.7 cm³/mol. The van der Waals surface area contributed by atoms with Crippen molar-refractivity contribution < 1.29 is 19.1 Å². The van der Waals surface area contributed by atoms with Crippen molar-refractivity contribution in [2.75, 3.05) is 27.4 Å². The van der Waals surface area contributed by atoms with E-state index in [1.54, 1.807) is 19.1 Å². The van der Waals surface area contributed by atoms with Crippen LogP contribution in [0.5, 0.6) is 0 Å². The fraction of sp³-hybridized carbons (Fsp3) is 0.867. The van der Waals surface area contributed by atoms with E-state index in [1.165, 1.54) is 0 Å². The van der Waals surface area contributed by atoms with E-state index >= 15 is 0 Å². The second kappa shape index (κ2) is 6.32. The molecule has 0 bridgehead atoms. The van der Waals surface area contributed by atoms with Gasteiger partial charge in [0, 0.05) is 14.2 Å². The summed E-state index contributed by atoms with van der Waals surface area (Å²) in [4.78, 5) is 27.0.